The largest absolute Gasteiger partial charge is 0.388 e. The van der Waals surface area contributed by atoms with Crippen LogP contribution in [-0.4, -0.2) is 15.0 Å². The predicted molar refractivity (Wildman–Crippen MR) is 86.1 cm³/mol. The highest BCUT2D eigenvalue weighted by Crippen LogP contribution is 2.24. The third-order valence-corrected chi connectivity index (χ3v) is 3.38. The number of benzene rings is 1. The third kappa shape index (κ3) is 3.43. The van der Waals surface area contributed by atoms with E-state index in [0.29, 0.717) is 16.7 Å². The average Bonchev–Trinajstić information content (AvgIpc) is 2.38. The molecule has 0 amide bonds. The van der Waals surface area contributed by atoms with Gasteiger partial charge in [-0.05, 0) is 31.5 Å². The number of hydrogen-bond donors (Lipinski definition) is 2. The van der Waals surface area contributed by atoms with E-state index in [0.717, 1.165) is 11.3 Å². The summed E-state index contributed by atoms with van der Waals surface area (Å²) >= 11 is 11.1. The number of aromatic nitrogens is 2. The molecule has 1 unspecified atom stereocenters. The summed E-state index contributed by atoms with van der Waals surface area (Å²) in [5.74, 6) is 0.486. The number of nitrogens with two attached hydrogens (primary N) is 1. The number of rotatable bonds is 4. The number of hydrogen-bond acceptors (Lipinski definition) is 4. The van der Waals surface area contributed by atoms with Crippen LogP contribution in [0.5, 0.6) is 0 Å². The molecule has 0 aliphatic carbocycles. The maximum absolute atomic E-state index is 6.18. The fraction of sp³-hybridized carbons (Fsp3) is 0.214. The first-order valence-corrected chi connectivity index (χ1v) is 6.92. The van der Waals surface area contributed by atoms with Gasteiger partial charge in [0.05, 0.1) is 6.04 Å². The predicted octanol–water partition coefficient (Wildman–Crippen LogP) is 3.25. The lowest BCUT2D eigenvalue weighted by atomic mass is 10.1. The van der Waals surface area contributed by atoms with Gasteiger partial charge < -0.3 is 11.1 Å². The van der Waals surface area contributed by atoms with Crippen LogP contribution in [-0.2, 0) is 0 Å². The summed E-state index contributed by atoms with van der Waals surface area (Å²) in [5.41, 5.74) is 7.95. The van der Waals surface area contributed by atoms with E-state index in [9.17, 15) is 0 Å². The Hall–Kier alpha value is -1.72. The van der Waals surface area contributed by atoms with Crippen LogP contribution in [0.25, 0.3) is 0 Å². The van der Waals surface area contributed by atoms with E-state index in [2.05, 4.69) is 15.3 Å². The zero-order valence-corrected chi connectivity index (χ0v) is 12.8. The van der Waals surface area contributed by atoms with Crippen molar-refractivity contribution in [2.75, 3.05) is 5.32 Å². The maximum atomic E-state index is 6.18. The smallest absolute Gasteiger partial charge is 0.224 e. The third-order valence-electron chi connectivity index (χ3n) is 2.82. The van der Waals surface area contributed by atoms with E-state index in [-0.39, 0.29) is 11.0 Å². The van der Waals surface area contributed by atoms with E-state index in [1.165, 1.54) is 0 Å². The number of aryl methyl sites for hydroxylation is 1. The lowest BCUT2D eigenvalue weighted by Gasteiger charge is -2.16. The first kappa shape index (κ1) is 14.7. The van der Waals surface area contributed by atoms with Crippen molar-refractivity contribution in [1.82, 2.24) is 9.97 Å². The molecule has 0 bridgehead atoms. The molecule has 0 aliphatic heterocycles. The molecule has 3 N–H and O–H groups in total. The summed E-state index contributed by atoms with van der Waals surface area (Å²) in [6, 6.07) is 9.39. The first-order chi connectivity index (χ1) is 9.47. The Morgan fingerprint density at radius 3 is 2.70 bits per heavy atom. The monoisotopic (exact) mass is 306 g/mol. The van der Waals surface area contributed by atoms with Crippen molar-refractivity contribution in [2.24, 2.45) is 5.73 Å². The second kappa shape index (κ2) is 6.15. The highest BCUT2D eigenvalue weighted by Gasteiger charge is 2.11. The highest BCUT2D eigenvalue weighted by molar-refractivity contribution is 7.80. The van der Waals surface area contributed by atoms with E-state index in [1.807, 2.05) is 38.1 Å². The molecule has 1 aromatic heterocycles. The minimum Gasteiger partial charge on any atom is -0.388 e. The van der Waals surface area contributed by atoms with Crippen molar-refractivity contribution < 1.29 is 0 Å². The molecular weight excluding hydrogens is 292 g/mol. The molecule has 104 valence electrons. The zero-order chi connectivity index (χ0) is 14.7. The molecule has 0 fully saturated rings. The molecule has 0 aliphatic rings. The van der Waals surface area contributed by atoms with Crippen LogP contribution < -0.4 is 11.1 Å². The first-order valence-electron chi connectivity index (χ1n) is 6.14. The topological polar surface area (TPSA) is 63.8 Å². The average molecular weight is 307 g/mol. The van der Waals surface area contributed by atoms with Gasteiger partial charge >= 0.3 is 0 Å². The van der Waals surface area contributed by atoms with Crippen LogP contribution in [0.1, 0.15) is 29.9 Å². The molecule has 0 saturated carbocycles. The fourth-order valence-corrected chi connectivity index (χ4v) is 2.26. The molecule has 2 aromatic rings. The van der Waals surface area contributed by atoms with E-state index in [1.54, 1.807) is 6.07 Å². The van der Waals surface area contributed by atoms with Crippen LogP contribution in [0, 0.1) is 6.92 Å². The van der Waals surface area contributed by atoms with Crippen molar-refractivity contribution in [1.29, 1.82) is 0 Å². The van der Waals surface area contributed by atoms with Gasteiger partial charge in [-0.15, -0.1) is 0 Å². The molecule has 0 radical (unpaired) electrons. The molecule has 6 heteroatoms. The molecule has 4 nitrogen and oxygen atoms in total. The minimum atomic E-state index is -0.0234. The SMILES string of the molecule is Cc1cc(C(N)=S)nc(NC(C)c2ccccc2Cl)n1. The number of nitrogens with zero attached hydrogens (tertiary/aromatic N) is 2. The normalized spacial score (nSPS) is 11.9. The fourth-order valence-electron chi connectivity index (χ4n) is 1.86. The molecule has 0 spiro atoms. The molecule has 1 heterocycles. The lowest BCUT2D eigenvalue weighted by molar-refractivity contribution is 0.856. The Morgan fingerprint density at radius 2 is 2.05 bits per heavy atom. The van der Waals surface area contributed by atoms with Gasteiger partial charge in [0.1, 0.15) is 10.7 Å². The summed E-state index contributed by atoms with van der Waals surface area (Å²) in [7, 11) is 0. The Labute approximate surface area is 128 Å². The summed E-state index contributed by atoms with van der Waals surface area (Å²) in [6.07, 6.45) is 0. The minimum absolute atomic E-state index is 0.0234. The number of thiocarbonyl (C=S) groups is 1. The van der Waals surface area contributed by atoms with Crippen molar-refractivity contribution in [3.05, 3.63) is 52.3 Å². The standard InChI is InChI=1S/C14H15ClN4S/c1-8-7-12(13(16)20)19-14(17-8)18-9(2)10-5-3-4-6-11(10)15/h3-7,9H,1-2H3,(H2,16,20)(H,17,18,19). The summed E-state index contributed by atoms with van der Waals surface area (Å²) < 4.78 is 0. The molecule has 1 atom stereocenters. The van der Waals surface area contributed by atoms with Crippen molar-refractivity contribution >= 4 is 34.8 Å². The molecule has 2 rings (SSSR count). The van der Waals surface area contributed by atoms with Crippen LogP contribution >= 0.6 is 23.8 Å². The van der Waals surface area contributed by atoms with E-state index >= 15 is 0 Å². The maximum Gasteiger partial charge on any atom is 0.224 e. The van der Waals surface area contributed by atoms with Crippen LogP contribution in [0.15, 0.2) is 30.3 Å². The second-order valence-corrected chi connectivity index (χ2v) is 5.32. The van der Waals surface area contributed by atoms with Crippen molar-refractivity contribution in [3.63, 3.8) is 0 Å². The highest BCUT2D eigenvalue weighted by atomic mass is 35.5. The summed E-state index contributed by atoms with van der Waals surface area (Å²) in [5, 5.41) is 3.92. The van der Waals surface area contributed by atoms with Gasteiger partial charge in [-0.3, -0.25) is 0 Å². The van der Waals surface area contributed by atoms with Crippen molar-refractivity contribution in [2.45, 2.75) is 19.9 Å². The van der Waals surface area contributed by atoms with Gasteiger partial charge in [0.25, 0.3) is 0 Å². The Kier molecular flexibility index (Phi) is 4.52. The summed E-state index contributed by atoms with van der Waals surface area (Å²) in [4.78, 5) is 8.88. The van der Waals surface area contributed by atoms with E-state index < -0.39 is 0 Å². The molecule has 20 heavy (non-hydrogen) atoms. The van der Waals surface area contributed by atoms with Crippen molar-refractivity contribution in [3.8, 4) is 0 Å². The van der Waals surface area contributed by atoms with E-state index in [4.69, 9.17) is 29.6 Å². The Bertz CT molecular complexity index is 645. The quantitative estimate of drug-likeness (QED) is 0.849. The molecule has 0 saturated heterocycles. The van der Waals surface area contributed by atoms with Gasteiger partial charge in [0.2, 0.25) is 5.95 Å². The number of halogens is 1. The number of nitrogens with one attached hydrogen (secondary N) is 1. The zero-order valence-electron chi connectivity index (χ0n) is 11.2. The van der Waals surface area contributed by atoms with Crippen LogP contribution in [0.4, 0.5) is 5.95 Å². The summed E-state index contributed by atoms with van der Waals surface area (Å²) in [6.45, 7) is 3.86. The lowest BCUT2D eigenvalue weighted by Crippen LogP contribution is -2.16. The number of anilines is 1. The van der Waals surface area contributed by atoms with Gasteiger partial charge in [0, 0.05) is 10.7 Å². The van der Waals surface area contributed by atoms with Gasteiger partial charge in [0.15, 0.2) is 0 Å². The van der Waals surface area contributed by atoms with Gasteiger partial charge in [-0.25, -0.2) is 9.97 Å². The Balaban J connectivity index is 2.26. The van der Waals surface area contributed by atoms with Gasteiger partial charge in [-0.2, -0.15) is 0 Å². The molecule has 1 aromatic carbocycles. The Morgan fingerprint density at radius 1 is 1.35 bits per heavy atom. The van der Waals surface area contributed by atoms with Gasteiger partial charge in [-0.1, -0.05) is 42.0 Å². The van der Waals surface area contributed by atoms with Crippen LogP contribution in [0.3, 0.4) is 0 Å². The second-order valence-electron chi connectivity index (χ2n) is 4.47. The van der Waals surface area contributed by atoms with Crippen LogP contribution in [0.2, 0.25) is 5.02 Å². The molecular formula is C14H15ClN4S.